The smallest absolute Gasteiger partial charge is 0.481 e. The van der Waals surface area contributed by atoms with Crippen molar-refractivity contribution in [2.24, 2.45) is 22.3 Å². The van der Waals surface area contributed by atoms with Crippen LogP contribution in [0, 0.1) is 35.4 Å². The number of nitrogens with zero attached hydrogens (tertiary/aromatic N) is 11. The Bertz CT molecular complexity index is 4080. The highest BCUT2D eigenvalue weighted by Crippen LogP contribution is 2.45. The first-order valence-electron chi connectivity index (χ1n) is 31.1. The number of hydrogen-bond acceptors (Lipinski definition) is 25. The standard InChI is InChI=1S/C21H27Cl2N5O3.C15H23BrN4O2.C10H11Cl2IN2O2.C6H6BCl2NO3.C6H4Cl2INO.C5H3Cl2IN2.ClH/c1-11-17(13-8-15(30-3)27-19(23)16(13)22)26-14(9-29)20(25-11)28-6-4-21(5-7-28)10-31-12(2)18(21)24;1-9-13(16)19-11(7-21)14(18-9)20-5-3-15(4-6-20)8-22-10(2)12(15)17;1-10(2,3)17-9(16)15-6-4-5(13)7(11)8(12)14-6;1-13-4-2-3(7(11)12)5(8)6(9)10-4;1-11-4-2-3(9)5(7)6(8)10-4;6-4-2(8)1-3(9)10-5(4)7;/h8,12,18,29H,4-7,9-10,24H2,1-3H3;10,12,21H,3-8,17H2,1-2H3;4H,1-3H3,(H,14,15,16);2,11-12H,1H3;2H,1H3;1H,(H2,9,10);1H/t12-,18+;10-,12+;;;;;/m00...../s1. The maximum Gasteiger partial charge on any atom is 0.490 e. The number of anilines is 4. The number of nitrogen functional groups attached to an aromatic ring is 1. The largest absolute Gasteiger partial charge is 0.490 e. The van der Waals surface area contributed by atoms with Crippen molar-refractivity contribution in [2.45, 2.75) is 117 Å². The lowest BCUT2D eigenvalue weighted by molar-refractivity contribution is 0.0635. The van der Waals surface area contributed by atoms with E-state index in [-0.39, 0.29) is 108 Å². The number of aliphatic hydroxyl groups is 2. The number of aromatic nitrogens is 9. The zero-order valence-electron chi connectivity index (χ0n) is 57.8. The average molecular weight is 2080 g/mol. The molecule has 4 aliphatic heterocycles. The first-order valence-corrected chi connectivity index (χ1v) is 38.9. The average Bonchev–Trinajstić information content (AvgIpc) is 1.76. The quantitative estimate of drug-likeness (QED) is 0.0358. The monoisotopic (exact) mass is 2070 g/mol. The lowest BCUT2D eigenvalue weighted by Gasteiger charge is -2.42. The predicted molar refractivity (Wildman–Crippen MR) is 447 cm³/mol. The minimum absolute atomic E-state index is 0. The van der Waals surface area contributed by atoms with E-state index in [1.807, 2.05) is 66.0 Å². The van der Waals surface area contributed by atoms with Crippen LogP contribution in [0.2, 0.25) is 50.9 Å². The van der Waals surface area contributed by atoms with Crippen molar-refractivity contribution >= 4 is 254 Å². The fourth-order valence-electron chi connectivity index (χ4n) is 10.8. The molecule has 1 amide bonds. The van der Waals surface area contributed by atoms with Crippen LogP contribution in [0.5, 0.6) is 17.6 Å². The molecule has 2 spiro atoms. The zero-order chi connectivity index (χ0) is 77.6. The number of piperidine rings is 2. The van der Waals surface area contributed by atoms with Crippen LogP contribution in [0.15, 0.2) is 34.9 Å². The van der Waals surface area contributed by atoms with Gasteiger partial charge in [-0.3, -0.25) is 5.32 Å². The van der Waals surface area contributed by atoms with Crippen LogP contribution < -0.4 is 52.0 Å². The summed E-state index contributed by atoms with van der Waals surface area (Å²) in [6.07, 6.45) is 3.42. The van der Waals surface area contributed by atoms with Gasteiger partial charge in [0.2, 0.25) is 17.6 Å². The van der Waals surface area contributed by atoms with Crippen molar-refractivity contribution in [1.82, 2.24) is 44.9 Å². The van der Waals surface area contributed by atoms with E-state index in [0.717, 1.165) is 77.1 Å². The van der Waals surface area contributed by atoms with Crippen molar-refractivity contribution < 1.29 is 53.5 Å². The highest BCUT2D eigenvalue weighted by Gasteiger charge is 2.49. The third-order valence-corrected chi connectivity index (χ3v) is 24.6. The van der Waals surface area contributed by atoms with E-state index in [4.69, 9.17) is 182 Å². The van der Waals surface area contributed by atoms with Gasteiger partial charge in [0.15, 0.2) is 37.4 Å². The molecular formula is C63H75BBrCl11I3N15O11. The molecule has 105 heavy (non-hydrogen) atoms. The Morgan fingerprint density at radius 1 is 0.610 bits per heavy atom. The fourth-order valence-corrected chi connectivity index (χ4v) is 14.9. The molecule has 11 rings (SSSR count). The number of ether oxygens (including phenoxy) is 6. The first-order chi connectivity index (χ1) is 48.8. The SMILES string of the molecule is CC(C)(C)OC(=O)Nc1cc(I)c(Cl)c(Cl)n1.COc1cc(-c2nc(CO)c(N3CCC4(CC3)CO[C@@H](C)[C@H]4N)nc2C)c(Cl)c(Cl)n1.COc1cc(B(O)O)c(Cl)c(Cl)n1.COc1cc(I)c(Cl)c(Cl)n1.Cc1nc(N2CCC3(CC2)CO[C@@H](C)[C@H]3N)c(CO)nc1Br.Cl.Nc1cc(I)c(Cl)c(Cl)n1. The Morgan fingerprint density at radius 3 is 1.42 bits per heavy atom. The second-order valence-electron chi connectivity index (χ2n) is 24.6. The summed E-state index contributed by atoms with van der Waals surface area (Å²) in [5.41, 5.74) is 21.5. The van der Waals surface area contributed by atoms with Crippen LogP contribution >= 0.6 is 212 Å². The van der Waals surface area contributed by atoms with Crippen LogP contribution in [-0.4, -0.2) is 169 Å². The molecule has 4 fully saturated rings. The van der Waals surface area contributed by atoms with E-state index >= 15 is 0 Å². The van der Waals surface area contributed by atoms with Gasteiger partial charge in [-0.1, -0.05) is 116 Å². The number of hydrogen-bond donors (Lipinski definition) is 8. The number of aliphatic hydroxyl groups excluding tert-OH is 2. The molecule has 7 aromatic rings. The second-order valence-corrected chi connectivity index (χ2v) is 32.5. The third-order valence-electron chi connectivity index (χ3n) is 16.5. The maximum absolute atomic E-state index is 11.5. The van der Waals surface area contributed by atoms with Crippen molar-refractivity contribution in [3.63, 3.8) is 0 Å². The van der Waals surface area contributed by atoms with E-state index < -0.39 is 18.8 Å². The number of methoxy groups -OCH3 is 3. The minimum Gasteiger partial charge on any atom is -0.481 e. The number of nitrogens with two attached hydrogens (primary N) is 3. The van der Waals surface area contributed by atoms with Gasteiger partial charge in [-0.15, -0.1) is 12.4 Å². The summed E-state index contributed by atoms with van der Waals surface area (Å²) in [7, 11) is 2.73. The minimum atomic E-state index is -1.69. The Kier molecular flexibility index (Phi) is 37.2. The van der Waals surface area contributed by atoms with Crippen LogP contribution in [0.25, 0.3) is 11.3 Å². The number of halogens is 15. The molecule has 7 aromatic heterocycles. The highest BCUT2D eigenvalue weighted by atomic mass is 127. The molecule has 42 heteroatoms. The summed E-state index contributed by atoms with van der Waals surface area (Å²) < 4.78 is 34.6. The molecule has 0 radical (unpaired) electrons. The summed E-state index contributed by atoms with van der Waals surface area (Å²) in [5.74, 6) is 3.14. The molecule has 0 aliphatic carbocycles. The molecule has 0 aromatic carbocycles. The molecule has 11 N–H and O–H groups in total. The Labute approximate surface area is 714 Å². The van der Waals surface area contributed by atoms with Crippen molar-refractivity contribution in [3.8, 4) is 28.9 Å². The van der Waals surface area contributed by atoms with E-state index in [2.05, 4.69) is 95.4 Å². The van der Waals surface area contributed by atoms with Crippen LogP contribution in [0.1, 0.15) is 83.1 Å². The molecule has 26 nitrogen and oxygen atoms in total. The lowest BCUT2D eigenvalue weighted by atomic mass is 9.73. The Balaban J connectivity index is 0.000000237. The highest BCUT2D eigenvalue weighted by molar-refractivity contribution is 14.1. The number of carbonyl (C=O) groups is 1. The zero-order valence-corrected chi connectivity index (χ0v) is 74.2. The maximum atomic E-state index is 11.5. The number of amides is 1. The summed E-state index contributed by atoms with van der Waals surface area (Å²) in [4.78, 5) is 53.7. The van der Waals surface area contributed by atoms with Crippen LogP contribution in [0.4, 0.5) is 28.1 Å². The number of carbonyl (C=O) groups excluding carboxylic acids is 1. The van der Waals surface area contributed by atoms with Gasteiger partial charge < -0.3 is 75.7 Å². The number of pyridine rings is 5. The van der Waals surface area contributed by atoms with Gasteiger partial charge in [0.1, 0.15) is 33.2 Å². The molecule has 576 valence electrons. The molecule has 0 bridgehead atoms. The van der Waals surface area contributed by atoms with Crippen molar-refractivity contribution in [2.75, 3.05) is 81.6 Å². The molecule has 4 aliphatic rings. The summed E-state index contributed by atoms with van der Waals surface area (Å²) in [5, 5.41) is 42.2. The van der Waals surface area contributed by atoms with Gasteiger partial charge in [0, 0.05) is 89.0 Å². The van der Waals surface area contributed by atoms with Gasteiger partial charge in [-0.05, 0) is 170 Å². The predicted octanol–water partition coefficient (Wildman–Crippen LogP) is 14.8. The Morgan fingerprint density at radius 2 is 1.01 bits per heavy atom. The topological polar surface area (TPSA) is 366 Å². The lowest BCUT2D eigenvalue weighted by Crippen LogP contribution is -2.51. The first kappa shape index (κ1) is 93.2. The normalized spacial score (nSPS) is 17.5. The molecule has 0 unspecified atom stereocenters. The second kappa shape index (κ2) is 41.9. The van der Waals surface area contributed by atoms with Crippen molar-refractivity contribution in [1.29, 1.82) is 0 Å². The van der Waals surface area contributed by atoms with E-state index in [0.29, 0.717) is 87.4 Å². The van der Waals surface area contributed by atoms with Gasteiger partial charge in [-0.2, -0.15) is 9.97 Å². The molecule has 4 saturated heterocycles. The van der Waals surface area contributed by atoms with E-state index in [9.17, 15) is 15.0 Å². The van der Waals surface area contributed by atoms with Crippen molar-refractivity contribution in [3.05, 3.63) is 119 Å². The molecule has 11 heterocycles. The van der Waals surface area contributed by atoms with E-state index in [1.54, 1.807) is 45.0 Å². The molecule has 0 saturated carbocycles. The number of aryl methyl sites for hydroxylation is 2. The van der Waals surface area contributed by atoms with Gasteiger partial charge in [0.25, 0.3) is 0 Å². The third kappa shape index (κ3) is 25.0. The Hall–Kier alpha value is -2.42. The summed E-state index contributed by atoms with van der Waals surface area (Å²) in [6, 6.07) is 8.10. The summed E-state index contributed by atoms with van der Waals surface area (Å²) >= 11 is 67.6. The van der Waals surface area contributed by atoms with Crippen LogP contribution in [0.3, 0.4) is 0 Å². The summed E-state index contributed by atoms with van der Waals surface area (Å²) in [6.45, 7) is 17.6. The van der Waals surface area contributed by atoms with E-state index in [1.165, 1.54) is 27.4 Å². The van der Waals surface area contributed by atoms with Crippen LogP contribution in [-0.2, 0) is 27.4 Å². The van der Waals surface area contributed by atoms with Gasteiger partial charge in [-0.25, -0.2) is 39.7 Å². The number of rotatable bonds is 10. The molecule has 4 atom stereocenters. The fraction of sp³-hybridized carbons (Fsp3) is 0.460. The number of nitrogens with one attached hydrogen (secondary N) is 1. The van der Waals surface area contributed by atoms with Gasteiger partial charge in [0.05, 0.1) is 102 Å². The molecular weight excluding hydrogens is 2000 g/mol. The van der Waals surface area contributed by atoms with Gasteiger partial charge >= 0.3 is 13.2 Å².